The van der Waals surface area contributed by atoms with Gasteiger partial charge in [0.15, 0.2) is 0 Å². The third kappa shape index (κ3) is 2.46. The van der Waals surface area contributed by atoms with Crippen molar-refractivity contribution in [1.29, 1.82) is 0 Å². The lowest BCUT2D eigenvalue weighted by molar-refractivity contribution is -0.131. The highest BCUT2D eigenvalue weighted by atomic mass is 19.1. The van der Waals surface area contributed by atoms with E-state index in [-0.39, 0.29) is 18.1 Å². The first-order chi connectivity index (χ1) is 9.24. The maximum Gasteiger partial charge on any atom is 0.227 e. The van der Waals surface area contributed by atoms with Crippen molar-refractivity contribution in [2.24, 2.45) is 0 Å². The summed E-state index contributed by atoms with van der Waals surface area (Å²) >= 11 is 0. The van der Waals surface area contributed by atoms with Crippen LogP contribution in [0.5, 0.6) is 0 Å². The topological polar surface area (TPSA) is 45.5 Å². The number of nitrogens with zero attached hydrogens (tertiary/aromatic N) is 1. The molecule has 1 saturated heterocycles. The smallest absolute Gasteiger partial charge is 0.227 e. The Bertz CT molecular complexity index is 603. The molecule has 1 aliphatic rings. The molecule has 0 atom stereocenters. The normalized spacial score (nSPS) is 15.9. The monoisotopic (exact) mass is 262 g/mol. The molecule has 5 heteroatoms. The number of hydrogen-bond acceptors (Lipinski definition) is 3. The van der Waals surface area contributed by atoms with Gasteiger partial charge in [0.2, 0.25) is 5.91 Å². The fourth-order valence-corrected chi connectivity index (χ4v) is 2.38. The molecule has 1 fully saturated rings. The van der Waals surface area contributed by atoms with E-state index in [9.17, 15) is 9.18 Å². The van der Waals surface area contributed by atoms with E-state index in [0.717, 1.165) is 31.7 Å². The average molecular weight is 262 g/mol. The molecule has 19 heavy (non-hydrogen) atoms. The van der Waals surface area contributed by atoms with Crippen LogP contribution in [0.2, 0.25) is 0 Å². The molecule has 3 rings (SSSR count). The quantitative estimate of drug-likeness (QED) is 0.893. The number of nitrogens with one attached hydrogen (secondary N) is 1. The molecule has 0 spiro atoms. The van der Waals surface area contributed by atoms with Gasteiger partial charge in [0.25, 0.3) is 0 Å². The Morgan fingerprint density at radius 3 is 2.95 bits per heavy atom. The molecule has 0 radical (unpaired) electrons. The molecule has 0 unspecified atom stereocenters. The summed E-state index contributed by atoms with van der Waals surface area (Å²) in [4.78, 5) is 14.0. The number of hydrogen-bond donors (Lipinski definition) is 1. The molecule has 4 nitrogen and oxygen atoms in total. The third-order valence-electron chi connectivity index (χ3n) is 3.43. The number of carbonyl (C=O) groups is 1. The summed E-state index contributed by atoms with van der Waals surface area (Å²) in [6, 6.07) is 4.36. The number of amides is 1. The maximum atomic E-state index is 13.2. The van der Waals surface area contributed by atoms with Crippen molar-refractivity contribution in [2.45, 2.75) is 6.42 Å². The van der Waals surface area contributed by atoms with Crippen molar-refractivity contribution < 1.29 is 13.6 Å². The Labute approximate surface area is 110 Å². The minimum atomic E-state index is -0.315. The minimum Gasteiger partial charge on any atom is -0.464 e. The molecular weight excluding hydrogens is 247 g/mol. The second kappa shape index (κ2) is 5.01. The minimum absolute atomic E-state index is 0.0634. The fraction of sp³-hybridized carbons (Fsp3) is 0.357. The van der Waals surface area contributed by atoms with E-state index in [1.807, 2.05) is 4.90 Å². The van der Waals surface area contributed by atoms with Gasteiger partial charge >= 0.3 is 0 Å². The summed E-state index contributed by atoms with van der Waals surface area (Å²) in [7, 11) is 0. The molecule has 0 bridgehead atoms. The Hall–Kier alpha value is -1.88. The van der Waals surface area contributed by atoms with Gasteiger partial charge in [-0.1, -0.05) is 0 Å². The van der Waals surface area contributed by atoms with Crippen LogP contribution in [0.3, 0.4) is 0 Å². The summed E-state index contributed by atoms with van der Waals surface area (Å²) in [6.45, 7) is 3.10. The van der Waals surface area contributed by atoms with Crippen LogP contribution < -0.4 is 5.32 Å². The summed E-state index contributed by atoms with van der Waals surface area (Å²) in [6.07, 6.45) is 1.81. The lowest BCUT2D eigenvalue weighted by Gasteiger charge is -2.27. The summed E-state index contributed by atoms with van der Waals surface area (Å²) < 4.78 is 18.6. The predicted molar refractivity (Wildman–Crippen MR) is 69.3 cm³/mol. The first-order valence-corrected chi connectivity index (χ1v) is 6.38. The summed E-state index contributed by atoms with van der Waals surface area (Å²) in [5, 5.41) is 3.89. The lowest BCUT2D eigenvalue weighted by atomic mass is 10.1. The van der Waals surface area contributed by atoms with E-state index >= 15 is 0 Å². The van der Waals surface area contributed by atoms with E-state index < -0.39 is 0 Å². The molecule has 1 N–H and O–H groups in total. The number of carbonyl (C=O) groups excluding carboxylic acids is 1. The highest BCUT2D eigenvalue weighted by Gasteiger charge is 2.18. The lowest BCUT2D eigenvalue weighted by Crippen LogP contribution is -2.46. The van der Waals surface area contributed by atoms with Crippen LogP contribution in [0.25, 0.3) is 11.0 Å². The van der Waals surface area contributed by atoms with Gasteiger partial charge in [0.1, 0.15) is 11.4 Å². The van der Waals surface area contributed by atoms with E-state index in [1.54, 1.807) is 12.3 Å². The second-order valence-corrected chi connectivity index (χ2v) is 4.71. The van der Waals surface area contributed by atoms with Gasteiger partial charge < -0.3 is 14.6 Å². The van der Waals surface area contributed by atoms with E-state index in [4.69, 9.17) is 4.42 Å². The molecule has 0 saturated carbocycles. The maximum absolute atomic E-state index is 13.2. The number of piperazine rings is 1. The van der Waals surface area contributed by atoms with E-state index in [0.29, 0.717) is 11.0 Å². The largest absolute Gasteiger partial charge is 0.464 e. The van der Waals surface area contributed by atoms with Crippen LogP contribution in [0, 0.1) is 5.82 Å². The van der Waals surface area contributed by atoms with Crippen LogP contribution in [-0.4, -0.2) is 37.0 Å². The van der Waals surface area contributed by atoms with Gasteiger partial charge in [-0.25, -0.2) is 4.39 Å². The van der Waals surface area contributed by atoms with Crippen molar-refractivity contribution in [1.82, 2.24) is 10.2 Å². The molecule has 1 aromatic heterocycles. The first kappa shape index (κ1) is 12.2. The summed E-state index contributed by atoms with van der Waals surface area (Å²) in [5.41, 5.74) is 1.36. The molecule has 2 aromatic rings. The zero-order valence-electron chi connectivity index (χ0n) is 10.5. The number of fused-ring (bicyclic) bond motifs is 1. The van der Waals surface area contributed by atoms with Crippen molar-refractivity contribution in [3.63, 3.8) is 0 Å². The molecule has 0 aliphatic carbocycles. The van der Waals surface area contributed by atoms with Gasteiger partial charge in [-0.2, -0.15) is 0 Å². The Balaban J connectivity index is 1.80. The third-order valence-corrected chi connectivity index (χ3v) is 3.43. The first-order valence-electron chi connectivity index (χ1n) is 6.38. The van der Waals surface area contributed by atoms with Crippen molar-refractivity contribution >= 4 is 16.9 Å². The molecular formula is C14H15FN2O2. The number of benzene rings is 1. The average Bonchev–Trinajstić information content (AvgIpc) is 2.82. The van der Waals surface area contributed by atoms with Gasteiger partial charge in [0, 0.05) is 37.1 Å². The van der Waals surface area contributed by atoms with Crippen LogP contribution >= 0.6 is 0 Å². The van der Waals surface area contributed by atoms with E-state index in [2.05, 4.69) is 5.32 Å². The van der Waals surface area contributed by atoms with Crippen LogP contribution in [0.1, 0.15) is 5.56 Å². The molecule has 2 heterocycles. The van der Waals surface area contributed by atoms with E-state index in [1.165, 1.54) is 12.1 Å². The second-order valence-electron chi connectivity index (χ2n) is 4.71. The number of rotatable bonds is 2. The predicted octanol–water partition coefficient (Wildman–Crippen LogP) is 1.55. The summed E-state index contributed by atoms with van der Waals surface area (Å²) in [5.74, 6) is -0.252. The fourth-order valence-electron chi connectivity index (χ4n) is 2.38. The van der Waals surface area contributed by atoms with Gasteiger partial charge in [0.05, 0.1) is 12.7 Å². The van der Waals surface area contributed by atoms with Gasteiger partial charge in [-0.05, 0) is 18.2 Å². The standard InChI is InChI=1S/C14H15FN2O2/c15-11-1-2-13-12(8-11)10(9-19-13)7-14(18)17-5-3-16-4-6-17/h1-2,8-9,16H,3-7H2. The van der Waals surface area contributed by atoms with Crippen molar-refractivity contribution in [3.8, 4) is 0 Å². The van der Waals surface area contributed by atoms with Gasteiger partial charge in [-0.3, -0.25) is 4.79 Å². The number of halogens is 1. The highest BCUT2D eigenvalue weighted by molar-refractivity contribution is 5.87. The Morgan fingerprint density at radius 2 is 2.16 bits per heavy atom. The van der Waals surface area contributed by atoms with Crippen molar-refractivity contribution in [2.75, 3.05) is 26.2 Å². The molecule has 1 amide bonds. The molecule has 100 valence electrons. The highest BCUT2D eigenvalue weighted by Crippen LogP contribution is 2.23. The van der Waals surface area contributed by atoms with Crippen LogP contribution in [-0.2, 0) is 11.2 Å². The zero-order chi connectivity index (χ0) is 13.2. The van der Waals surface area contributed by atoms with Gasteiger partial charge in [-0.15, -0.1) is 0 Å². The van der Waals surface area contributed by atoms with Crippen molar-refractivity contribution in [3.05, 3.63) is 35.8 Å². The molecule has 1 aliphatic heterocycles. The van der Waals surface area contributed by atoms with Crippen LogP contribution in [0.15, 0.2) is 28.9 Å². The Kier molecular flexibility index (Phi) is 3.21. The Morgan fingerprint density at radius 1 is 1.37 bits per heavy atom. The zero-order valence-corrected chi connectivity index (χ0v) is 10.5. The number of furan rings is 1. The van der Waals surface area contributed by atoms with Crippen LogP contribution in [0.4, 0.5) is 4.39 Å². The molecule has 1 aromatic carbocycles. The SMILES string of the molecule is O=C(Cc1coc2ccc(F)cc12)N1CCNCC1.